The molecule has 7 nitrogen and oxygen atoms in total. The molecule has 154 valence electrons. The summed E-state index contributed by atoms with van der Waals surface area (Å²) in [5.74, 6) is 1.34. The molecule has 0 saturated carbocycles. The predicted molar refractivity (Wildman–Crippen MR) is 115 cm³/mol. The molecule has 0 aliphatic carbocycles. The van der Waals surface area contributed by atoms with Crippen LogP contribution >= 0.6 is 0 Å². The van der Waals surface area contributed by atoms with Crippen LogP contribution in [0.15, 0.2) is 48.5 Å². The number of nitrogens with one attached hydrogen (secondary N) is 2. The van der Waals surface area contributed by atoms with Gasteiger partial charge in [0.1, 0.15) is 19.0 Å². The molecule has 1 amide bonds. The second kappa shape index (κ2) is 7.94. The van der Waals surface area contributed by atoms with E-state index in [1.165, 1.54) is 0 Å². The number of rotatable bonds is 5. The van der Waals surface area contributed by atoms with Crippen LogP contribution in [0.3, 0.4) is 0 Å². The second-order valence-electron chi connectivity index (χ2n) is 7.24. The summed E-state index contributed by atoms with van der Waals surface area (Å²) >= 11 is 0. The van der Waals surface area contributed by atoms with Gasteiger partial charge in [0.15, 0.2) is 11.5 Å². The number of carbonyl (C=O) groups excluding carboxylic acids is 1. The lowest BCUT2D eigenvalue weighted by Crippen LogP contribution is -2.23. The number of nitrogens with zero attached hydrogens (tertiary/aromatic N) is 1. The van der Waals surface area contributed by atoms with Crippen molar-refractivity contribution in [2.45, 2.75) is 20.4 Å². The maximum Gasteiger partial charge on any atom is 0.253 e. The molecule has 1 aromatic heterocycles. The van der Waals surface area contributed by atoms with Crippen LogP contribution in [0.4, 0.5) is 0 Å². The Morgan fingerprint density at radius 3 is 2.47 bits per heavy atom. The van der Waals surface area contributed by atoms with E-state index >= 15 is 0 Å². The summed E-state index contributed by atoms with van der Waals surface area (Å²) in [4.78, 5) is 12.8. The lowest BCUT2D eigenvalue weighted by atomic mass is 10.1. The van der Waals surface area contributed by atoms with Crippen molar-refractivity contribution in [3.8, 4) is 17.2 Å². The first-order valence-corrected chi connectivity index (χ1v) is 9.74. The fourth-order valence-corrected chi connectivity index (χ4v) is 3.64. The van der Waals surface area contributed by atoms with Crippen molar-refractivity contribution >= 4 is 11.7 Å². The molecule has 0 bridgehead atoms. The predicted octanol–water partition coefficient (Wildman–Crippen LogP) is 3.08. The van der Waals surface area contributed by atoms with Crippen molar-refractivity contribution in [3.63, 3.8) is 0 Å². The van der Waals surface area contributed by atoms with Crippen LogP contribution in [0.5, 0.6) is 11.5 Å². The summed E-state index contributed by atoms with van der Waals surface area (Å²) in [6.45, 7) is 5.38. The number of ether oxygens (including phenoxy) is 2. The minimum Gasteiger partial charge on any atom is -0.486 e. The number of hydrogen-bond acceptors (Lipinski definition) is 4. The average molecular weight is 404 g/mol. The van der Waals surface area contributed by atoms with Gasteiger partial charge < -0.3 is 25.1 Å². The number of aryl methyl sites for hydroxylation is 1. The topological polar surface area (TPSA) is 102 Å². The molecule has 1 aliphatic rings. The first-order chi connectivity index (χ1) is 14.4. The minimum absolute atomic E-state index is 0.0252. The summed E-state index contributed by atoms with van der Waals surface area (Å²) in [6.07, 6.45) is 0. The fourth-order valence-electron chi connectivity index (χ4n) is 3.64. The zero-order chi connectivity index (χ0) is 21.3. The number of aromatic nitrogens is 1. The molecule has 3 aromatic rings. The summed E-state index contributed by atoms with van der Waals surface area (Å²) in [6, 6.07) is 15.0. The van der Waals surface area contributed by atoms with Gasteiger partial charge in [-0.05, 0) is 37.6 Å². The van der Waals surface area contributed by atoms with E-state index in [4.69, 9.17) is 20.6 Å². The average Bonchev–Trinajstić information content (AvgIpc) is 3.06. The molecule has 2 aromatic carbocycles. The molecule has 0 saturated heterocycles. The highest BCUT2D eigenvalue weighted by Crippen LogP contribution is 2.33. The Hall–Kier alpha value is -3.74. The summed E-state index contributed by atoms with van der Waals surface area (Å²) in [7, 11) is 0. The zero-order valence-corrected chi connectivity index (χ0v) is 17.0. The van der Waals surface area contributed by atoms with Crippen molar-refractivity contribution in [3.05, 3.63) is 76.6 Å². The maximum absolute atomic E-state index is 12.8. The minimum atomic E-state index is -0.137. The van der Waals surface area contributed by atoms with Crippen LogP contribution in [-0.2, 0) is 6.54 Å². The van der Waals surface area contributed by atoms with E-state index in [2.05, 4.69) is 5.32 Å². The molecule has 4 rings (SSSR count). The molecular weight excluding hydrogens is 380 g/mol. The van der Waals surface area contributed by atoms with Gasteiger partial charge in [0.2, 0.25) is 0 Å². The van der Waals surface area contributed by atoms with Crippen LogP contribution in [-0.4, -0.2) is 29.5 Å². The van der Waals surface area contributed by atoms with Gasteiger partial charge in [0, 0.05) is 35.2 Å². The van der Waals surface area contributed by atoms with Gasteiger partial charge in [-0.15, -0.1) is 0 Å². The van der Waals surface area contributed by atoms with Gasteiger partial charge in [0.05, 0.1) is 5.56 Å². The first kappa shape index (κ1) is 19.6. The maximum atomic E-state index is 12.8. The number of benzene rings is 2. The number of amidine groups is 1. The van der Waals surface area contributed by atoms with Crippen LogP contribution < -0.4 is 20.5 Å². The first-order valence-electron chi connectivity index (χ1n) is 9.74. The quantitative estimate of drug-likeness (QED) is 0.449. The Balaban J connectivity index is 1.53. The Morgan fingerprint density at radius 2 is 1.77 bits per heavy atom. The molecule has 2 heterocycles. The lowest BCUT2D eigenvalue weighted by molar-refractivity contribution is 0.0950. The van der Waals surface area contributed by atoms with Crippen LogP contribution in [0.2, 0.25) is 0 Å². The number of nitrogens with two attached hydrogens (primary N) is 1. The standard InChI is InChI=1S/C23H24N4O3/c1-14-11-19(23(28)26-13-16-3-5-17(6-4-16)22(24)25)15(2)27(14)18-7-8-20-21(12-18)30-10-9-29-20/h3-8,11-12H,9-10,13H2,1-2H3,(H3,24,25)(H,26,28). The highest BCUT2D eigenvalue weighted by atomic mass is 16.6. The largest absolute Gasteiger partial charge is 0.486 e. The number of amides is 1. The SMILES string of the molecule is Cc1cc(C(=O)NCc2ccc(C(=N)N)cc2)c(C)n1-c1ccc2c(c1)OCCO2. The molecule has 0 fully saturated rings. The summed E-state index contributed by atoms with van der Waals surface area (Å²) in [5.41, 5.74) is 10.4. The smallest absolute Gasteiger partial charge is 0.253 e. The Kier molecular flexibility index (Phi) is 5.18. The van der Waals surface area contributed by atoms with Crippen LogP contribution in [0, 0.1) is 19.3 Å². The molecule has 0 atom stereocenters. The molecule has 30 heavy (non-hydrogen) atoms. The third-order valence-corrected chi connectivity index (χ3v) is 5.18. The van der Waals surface area contributed by atoms with E-state index in [-0.39, 0.29) is 11.7 Å². The second-order valence-corrected chi connectivity index (χ2v) is 7.24. The highest BCUT2D eigenvalue weighted by molar-refractivity contribution is 5.96. The third-order valence-electron chi connectivity index (χ3n) is 5.18. The van der Waals surface area contributed by atoms with Crippen LogP contribution in [0.1, 0.15) is 32.9 Å². The van der Waals surface area contributed by atoms with E-state index in [0.717, 1.165) is 28.4 Å². The Bertz CT molecular complexity index is 1120. The van der Waals surface area contributed by atoms with E-state index in [1.807, 2.05) is 54.8 Å². The molecular formula is C23H24N4O3. The van der Waals surface area contributed by atoms with Crippen molar-refractivity contribution in [1.29, 1.82) is 5.41 Å². The van der Waals surface area contributed by atoms with Crippen molar-refractivity contribution < 1.29 is 14.3 Å². The molecule has 1 aliphatic heterocycles. The molecule has 0 radical (unpaired) electrons. The Morgan fingerprint density at radius 1 is 1.07 bits per heavy atom. The van der Waals surface area contributed by atoms with Crippen molar-refractivity contribution in [1.82, 2.24) is 9.88 Å². The van der Waals surface area contributed by atoms with Gasteiger partial charge in [-0.1, -0.05) is 24.3 Å². The zero-order valence-electron chi connectivity index (χ0n) is 17.0. The van der Waals surface area contributed by atoms with Crippen LogP contribution in [0.25, 0.3) is 5.69 Å². The van der Waals surface area contributed by atoms with Gasteiger partial charge in [-0.2, -0.15) is 0 Å². The fraction of sp³-hybridized carbons (Fsp3) is 0.217. The van der Waals surface area contributed by atoms with Gasteiger partial charge in [0.25, 0.3) is 5.91 Å². The third kappa shape index (κ3) is 3.74. The van der Waals surface area contributed by atoms with E-state index in [0.29, 0.717) is 36.6 Å². The van der Waals surface area contributed by atoms with Gasteiger partial charge in [-0.25, -0.2) is 0 Å². The van der Waals surface area contributed by atoms with Gasteiger partial charge in [-0.3, -0.25) is 10.2 Å². The molecule has 0 spiro atoms. The summed E-state index contributed by atoms with van der Waals surface area (Å²) in [5, 5.41) is 10.4. The van der Waals surface area contributed by atoms with Crippen molar-refractivity contribution in [2.24, 2.45) is 5.73 Å². The van der Waals surface area contributed by atoms with E-state index in [1.54, 1.807) is 12.1 Å². The van der Waals surface area contributed by atoms with E-state index < -0.39 is 0 Å². The highest BCUT2D eigenvalue weighted by Gasteiger charge is 2.19. The number of nitrogen functional groups attached to an aromatic ring is 1. The Labute approximate surface area is 174 Å². The van der Waals surface area contributed by atoms with E-state index in [9.17, 15) is 4.79 Å². The van der Waals surface area contributed by atoms with Gasteiger partial charge >= 0.3 is 0 Å². The monoisotopic (exact) mass is 404 g/mol. The number of hydrogen-bond donors (Lipinski definition) is 3. The summed E-state index contributed by atoms with van der Waals surface area (Å²) < 4.78 is 13.3. The molecule has 4 N–H and O–H groups in total. The number of carbonyl (C=O) groups is 1. The molecule has 7 heteroatoms. The number of fused-ring (bicyclic) bond motifs is 1. The normalized spacial score (nSPS) is 12.5. The van der Waals surface area contributed by atoms with Crippen molar-refractivity contribution in [2.75, 3.05) is 13.2 Å². The molecule has 0 unspecified atom stereocenters. The lowest BCUT2D eigenvalue weighted by Gasteiger charge is -2.20.